The number of rotatable bonds is 2. The van der Waals surface area contributed by atoms with Crippen LogP contribution < -0.4 is 0 Å². The van der Waals surface area contributed by atoms with E-state index in [1.165, 1.54) is 17.6 Å². The molecule has 0 aliphatic rings. The third kappa shape index (κ3) is 1.67. The van der Waals surface area contributed by atoms with Crippen LogP contribution in [-0.2, 0) is 0 Å². The van der Waals surface area contributed by atoms with Crippen LogP contribution in [0.3, 0.4) is 0 Å². The number of carboxylic acid groups (broad SMARTS) is 1. The molecule has 0 saturated carbocycles. The number of carboxylic acids is 1. The number of hydrogen-bond acceptors (Lipinski definition) is 5. The molecule has 0 aliphatic heterocycles. The van der Waals surface area contributed by atoms with E-state index in [9.17, 15) is 4.79 Å². The highest BCUT2D eigenvalue weighted by Gasteiger charge is 2.13. The van der Waals surface area contributed by atoms with Crippen molar-refractivity contribution < 1.29 is 14.4 Å². The maximum atomic E-state index is 10.7. The summed E-state index contributed by atoms with van der Waals surface area (Å²) >= 11 is 1.41. The van der Waals surface area contributed by atoms with Crippen molar-refractivity contribution >= 4 is 27.6 Å². The van der Waals surface area contributed by atoms with E-state index >= 15 is 0 Å². The fourth-order valence-electron chi connectivity index (χ4n) is 1.73. The lowest BCUT2D eigenvalue weighted by atomic mass is 10.1. The Kier molecular flexibility index (Phi) is 2.38. The van der Waals surface area contributed by atoms with Gasteiger partial charge in [-0.25, -0.2) is 4.79 Å². The molecule has 3 rings (SSSR count). The van der Waals surface area contributed by atoms with Gasteiger partial charge >= 0.3 is 5.97 Å². The van der Waals surface area contributed by atoms with Crippen LogP contribution in [0.1, 0.15) is 16.2 Å². The minimum Gasteiger partial charge on any atom is -0.475 e. The summed E-state index contributed by atoms with van der Waals surface area (Å²) in [5.74, 6) is -1.28. The third-order valence-corrected chi connectivity index (χ3v) is 3.57. The van der Waals surface area contributed by atoms with Crippen LogP contribution in [0.4, 0.5) is 0 Å². The van der Waals surface area contributed by atoms with E-state index in [1.54, 1.807) is 0 Å². The first-order valence-corrected chi connectivity index (χ1v) is 5.99. The second-order valence-corrected chi connectivity index (χ2v) is 4.67. The van der Waals surface area contributed by atoms with Gasteiger partial charge in [0.1, 0.15) is 5.69 Å². The van der Waals surface area contributed by atoms with Crippen molar-refractivity contribution in [1.82, 2.24) is 9.53 Å². The maximum absolute atomic E-state index is 10.7. The second-order valence-electron chi connectivity index (χ2n) is 3.86. The van der Waals surface area contributed by atoms with E-state index in [-0.39, 0.29) is 5.76 Å². The van der Waals surface area contributed by atoms with Crippen LogP contribution in [0.2, 0.25) is 0 Å². The minimum absolute atomic E-state index is 0.161. The van der Waals surface area contributed by atoms with Crippen molar-refractivity contribution in [3.8, 4) is 11.3 Å². The molecule has 0 unspecified atom stereocenters. The molecule has 1 aromatic carbocycles. The van der Waals surface area contributed by atoms with Crippen molar-refractivity contribution in [2.45, 2.75) is 6.92 Å². The first kappa shape index (κ1) is 10.9. The lowest BCUT2D eigenvalue weighted by molar-refractivity contribution is 0.0652. The van der Waals surface area contributed by atoms with Crippen LogP contribution in [0.15, 0.2) is 28.8 Å². The molecule has 2 aromatic heterocycles. The van der Waals surface area contributed by atoms with Gasteiger partial charge in [0.05, 0.1) is 10.4 Å². The van der Waals surface area contributed by atoms with Crippen LogP contribution in [-0.4, -0.2) is 20.6 Å². The lowest BCUT2D eigenvalue weighted by Crippen LogP contribution is -1.91. The first-order valence-electron chi connectivity index (χ1n) is 5.21. The standard InChI is InChI=1S/C12H8N2O3S/c1-6-8-3-2-7(4-11(8)18-14-6)9-5-10(12(15)16)17-13-9/h2-5H,1H3,(H,15,16). The van der Waals surface area contributed by atoms with Crippen LogP contribution in [0.25, 0.3) is 21.3 Å². The predicted octanol–water partition coefficient (Wildman–Crippen LogP) is 2.96. The Bertz CT molecular complexity index is 745. The zero-order chi connectivity index (χ0) is 12.7. The Morgan fingerprint density at radius 1 is 1.39 bits per heavy atom. The van der Waals surface area contributed by atoms with E-state index in [0.717, 1.165) is 21.3 Å². The van der Waals surface area contributed by atoms with Gasteiger partial charge in [0.25, 0.3) is 0 Å². The summed E-state index contributed by atoms with van der Waals surface area (Å²) in [5, 5.41) is 13.6. The Balaban J connectivity index is 2.10. The monoisotopic (exact) mass is 260 g/mol. The van der Waals surface area contributed by atoms with Gasteiger partial charge in [0, 0.05) is 17.0 Å². The molecule has 0 saturated heterocycles. The molecule has 5 nitrogen and oxygen atoms in total. The molecule has 0 aliphatic carbocycles. The zero-order valence-electron chi connectivity index (χ0n) is 9.38. The van der Waals surface area contributed by atoms with Crippen molar-refractivity contribution in [2.75, 3.05) is 0 Å². The molecule has 0 fully saturated rings. The van der Waals surface area contributed by atoms with Gasteiger partial charge in [0.15, 0.2) is 0 Å². The minimum atomic E-state index is -1.12. The van der Waals surface area contributed by atoms with Gasteiger partial charge in [-0.15, -0.1) is 0 Å². The van der Waals surface area contributed by atoms with E-state index < -0.39 is 5.97 Å². The van der Waals surface area contributed by atoms with E-state index in [4.69, 9.17) is 9.63 Å². The van der Waals surface area contributed by atoms with Crippen LogP contribution in [0.5, 0.6) is 0 Å². The van der Waals surface area contributed by atoms with E-state index in [0.29, 0.717) is 5.69 Å². The number of aryl methyl sites for hydroxylation is 1. The average molecular weight is 260 g/mol. The molecule has 90 valence electrons. The van der Waals surface area contributed by atoms with Gasteiger partial charge in [-0.05, 0) is 24.5 Å². The molecule has 0 radical (unpaired) electrons. The van der Waals surface area contributed by atoms with Gasteiger partial charge < -0.3 is 9.63 Å². The highest BCUT2D eigenvalue weighted by Crippen LogP contribution is 2.28. The number of benzene rings is 1. The van der Waals surface area contributed by atoms with Gasteiger partial charge in [0.2, 0.25) is 5.76 Å². The molecule has 2 heterocycles. The zero-order valence-corrected chi connectivity index (χ0v) is 10.2. The number of carbonyl (C=O) groups is 1. The lowest BCUT2D eigenvalue weighted by Gasteiger charge is -1.95. The van der Waals surface area contributed by atoms with E-state index in [1.807, 2.05) is 25.1 Å². The quantitative estimate of drug-likeness (QED) is 0.766. The fourth-order valence-corrected chi connectivity index (χ4v) is 2.56. The van der Waals surface area contributed by atoms with Crippen molar-refractivity contribution in [1.29, 1.82) is 0 Å². The highest BCUT2D eigenvalue weighted by molar-refractivity contribution is 7.13. The number of hydrogen-bond donors (Lipinski definition) is 1. The second kappa shape index (κ2) is 3.92. The summed E-state index contributed by atoms with van der Waals surface area (Å²) in [7, 11) is 0. The molecular weight excluding hydrogens is 252 g/mol. The predicted molar refractivity (Wildman–Crippen MR) is 66.8 cm³/mol. The maximum Gasteiger partial charge on any atom is 0.374 e. The van der Waals surface area contributed by atoms with Crippen molar-refractivity contribution in [3.05, 3.63) is 35.7 Å². The van der Waals surface area contributed by atoms with Gasteiger partial charge in [-0.1, -0.05) is 17.3 Å². The number of aromatic nitrogens is 2. The summed E-state index contributed by atoms with van der Waals surface area (Å²) < 4.78 is 10.0. The molecule has 18 heavy (non-hydrogen) atoms. The Hall–Kier alpha value is -2.21. The molecule has 3 aromatic rings. The smallest absolute Gasteiger partial charge is 0.374 e. The Morgan fingerprint density at radius 2 is 2.22 bits per heavy atom. The van der Waals surface area contributed by atoms with Crippen LogP contribution >= 0.6 is 11.5 Å². The SMILES string of the molecule is Cc1nsc2cc(-c3cc(C(=O)O)on3)ccc12. The summed E-state index contributed by atoms with van der Waals surface area (Å²) in [6.45, 7) is 1.96. The number of aromatic carboxylic acids is 1. The van der Waals surface area contributed by atoms with Gasteiger partial charge in [-0.2, -0.15) is 4.37 Å². The van der Waals surface area contributed by atoms with Crippen molar-refractivity contribution in [2.24, 2.45) is 0 Å². The largest absolute Gasteiger partial charge is 0.475 e. The normalized spacial score (nSPS) is 10.9. The molecule has 0 spiro atoms. The van der Waals surface area contributed by atoms with Crippen LogP contribution in [0, 0.1) is 6.92 Å². The summed E-state index contributed by atoms with van der Waals surface area (Å²) in [4.78, 5) is 10.7. The summed E-state index contributed by atoms with van der Waals surface area (Å²) in [5.41, 5.74) is 2.33. The van der Waals surface area contributed by atoms with Gasteiger partial charge in [-0.3, -0.25) is 0 Å². The number of fused-ring (bicyclic) bond motifs is 1. The highest BCUT2D eigenvalue weighted by atomic mass is 32.1. The molecular formula is C12H8N2O3S. The number of nitrogens with zero attached hydrogens (tertiary/aromatic N) is 2. The molecule has 0 amide bonds. The topological polar surface area (TPSA) is 76.2 Å². The molecule has 0 atom stereocenters. The summed E-state index contributed by atoms with van der Waals surface area (Å²) in [6, 6.07) is 7.19. The molecule has 0 bridgehead atoms. The van der Waals surface area contributed by atoms with E-state index in [2.05, 4.69) is 9.53 Å². The average Bonchev–Trinajstić information content (AvgIpc) is 2.96. The fraction of sp³-hybridized carbons (Fsp3) is 0.0833. The third-order valence-electron chi connectivity index (χ3n) is 2.67. The molecule has 1 N–H and O–H groups in total. The molecule has 6 heteroatoms. The Morgan fingerprint density at radius 3 is 2.94 bits per heavy atom. The first-order chi connectivity index (χ1) is 8.65. The summed E-state index contributed by atoms with van der Waals surface area (Å²) in [6.07, 6.45) is 0. The Labute approximate surface area is 106 Å². The van der Waals surface area contributed by atoms with Crippen molar-refractivity contribution in [3.63, 3.8) is 0 Å².